The van der Waals surface area contributed by atoms with Crippen LogP contribution in [0.1, 0.15) is 32.0 Å². The Balaban J connectivity index is 0.000000167. The summed E-state index contributed by atoms with van der Waals surface area (Å²) in [7, 11) is 0. The second kappa shape index (κ2) is 17.9. The van der Waals surface area contributed by atoms with E-state index in [2.05, 4.69) is 56.8 Å². The molecule has 2 saturated heterocycles. The number of carbonyl (C=O) groups excluding carboxylic acids is 2. The van der Waals surface area contributed by atoms with Crippen LogP contribution in [0.5, 0.6) is 0 Å². The van der Waals surface area contributed by atoms with Crippen LogP contribution in [0.25, 0.3) is 0 Å². The number of hydrogen-bond donors (Lipinski definition) is 2. The molecule has 0 spiro atoms. The first-order chi connectivity index (χ1) is 26.6. The third-order valence-electron chi connectivity index (χ3n) is 9.76. The number of carbonyl (C=O) groups is 2. The van der Waals surface area contributed by atoms with Gasteiger partial charge < -0.3 is 39.1 Å². The summed E-state index contributed by atoms with van der Waals surface area (Å²) in [6, 6.07) is 41.8. The first kappa shape index (κ1) is 36.0. The van der Waals surface area contributed by atoms with Gasteiger partial charge in [0.15, 0.2) is 0 Å². The molecule has 2 amide bonds. The molecule has 2 aliphatic heterocycles. The Morgan fingerprint density at radius 1 is 0.500 bits per heavy atom. The van der Waals surface area contributed by atoms with Gasteiger partial charge in [-0.25, -0.2) is 0 Å². The summed E-state index contributed by atoms with van der Waals surface area (Å²) >= 11 is 0. The van der Waals surface area contributed by atoms with Crippen molar-refractivity contribution in [3.05, 3.63) is 169 Å². The summed E-state index contributed by atoms with van der Waals surface area (Å²) in [5.74, 6) is 1.08. The average Bonchev–Trinajstić information content (AvgIpc) is 3.99. The fraction of sp³-hybridized carbons (Fsp3) is 0.227. The van der Waals surface area contributed by atoms with Crippen molar-refractivity contribution in [3.8, 4) is 0 Å². The maximum absolute atomic E-state index is 12.8. The van der Waals surface area contributed by atoms with Gasteiger partial charge in [0.1, 0.15) is 5.76 Å². The molecule has 0 atom stereocenters. The number of piperazine rings is 2. The first-order valence-corrected chi connectivity index (χ1v) is 18.5. The Bertz CT molecular complexity index is 1850. The monoisotopic (exact) mass is 722 g/mol. The number of para-hydroxylation sites is 2. The highest BCUT2D eigenvalue weighted by molar-refractivity contribution is 5.95. The van der Waals surface area contributed by atoms with E-state index in [9.17, 15) is 9.59 Å². The molecule has 54 heavy (non-hydrogen) atoms. The Hall–Kier alpha value is -6.42. The van der Waals surface area contributed by atoms with E-state index in [1.54, 1.807) is 18.8 Å². The number of amides is 2. The third kappa shape index (κ3) is 9.51. The second-order valence-electron chi connectivity index (χ2n) is 13.3. The lowest BCUT2D eigenvalue weighted by molar-refractivity contribution is 0.0739. The zero-order chi connectivity index (χ0) is 37.0. The maximum atomic E-state index is 12.8. The lowest BCUT2D eigenvalue weighted by Gasteiger charge is -2.36. The molecular weight excluding hydrogens is 677 g/mol. The van der Waals surface area contributed by atoms with Gasteiger partial charge in [0.25, 0.3) is 11.8 Å². The van der Waals surface area contributed by atoms with Crippen LogP contribution in [-0.4, -0.2) is 74.0 Å². The van der Waals surface area contributed by atoms with Gasteiger partial charge in [-0.2, -0.15) is 0 Å². The molecule has 0 radical (unpaired) electrons. The zero-order valence-electron chi connectivity index (χ0n) is 30.3. The van der Waals surface area contributed by atoms with Crippen LogP contribution in [0.3, 0.4) is 0 Å². The fourth-order valence-corrected chi connectivity index (χ4v) is 6.64. The molecule has 10 nitrogen and oxygen atoms in total. The maximum Gasteiger partial charge on any atom is 0.253 e. The molecule has 2 aliphatic rings. The van der Waals surface area contributed by atoms with Crippen molar-refractivity contribution in [2.45, 2.75) is 13.1 Å². The summed E-state index contributed by atoms with van der Waals surface area (Å²) in [5, 5.41) is 6.62. The van der Waals surface area contributed by atoms with E-state index in [1.807, 2.05) is 101 Å². The van der Waals surface area contributed by atoms with Crippen LogP contribution < -0.4 is 20.4 Å². The molecule has 0 saturated carbocycles. The number of anilines is 4. The molecular formula is C44H46N6O4. The smallest absolute Gasteiger partial charge is 0.253 e. The molecule has 0 unspecified atom stereocenters. The summed E-state index contributed by atoms with van der Waals surface area (Å²) in [6.45, 7) is 7.74. The second-order valence-corrected chi connectivity index (χ2v) is 13.3. The van der Waals surface area contributed by atoms with Crippen LogP contribution in [-0.2, 0) is 13.1 Å². The van der Waals surface area contributed by atoms with E-state index in [0.717, 1.165) is 86.2 Å². The molecule has 4 aromatic carbocycles. The Morgan fingerprint density at radius 2 is 0.981 bits per heavy atom. The molecule has 276 valence electrons. The predicted molar refractivity (Wildman–Crippen MR) is 214 cm³/mol. The highest BCUT2D eigenvalue weighted by Crippen LogP contribution is 2.20. The lowest BCUT2D eigenvalue weighted by Crippen LogP contribution is -2.48. The van der Waals surface area contributed by atoms with Crippen molar-refractivity contribution in [1.29, 1.82) is 0 Å². The molecule has 4 heterocycles. The fourth-order valence-electron chi connectivity index (χ4n) is 6.64. The van der Waals surface area contributed by atoms with Gasteiger partial charge >= 0.3 is 0 Å². The number of hydrogen-bond acceptors (Lipinski definition) is 8. The molecule has 2 aromatic heterocycles. The van der Waals surface area contributed by atoms with Crippen molar-refractivity contribution < 1.29 is 18.4 Å². The molecule has 10 heteroatoms. The predicted octanol–water partition coefficient (Wildman–Crippen LogP) is 7.71. The van der Waals surface area contributed by atoms with Gasteiger partial charge in [-0.15, -0.1) is 0 Å². The van der Waals surface area contributed by atoms with Gasteiger partial charge in [-0.05, 0) is 91.0 Å². The van der Waals surface area contributed by atoms with Gasteiger partial charge in [0, 0.05) is 98.3 Å². The van der Waals surface area contributed by atoms with Crippen LogP contribution in [0.15, 0.2) is 155 Å². The molecule has 6 aromatic rings. The van der Waals surface area contributed by atoms with Gasteiger partial charge in [0.2, 0.25) is 0 Å². The highest BCUT2D eigenvalue weighted by Gasteiger charge is 2.23. The van der Waals surface area contributed by atoms with Crippen molar-refractivity contribution >= 4 is 34.6 Å². The van der Waals surface area contributed by atoms with Crippen LogP contribution in [0.4, 0.5) is 22.7 Å². The molecule has 2 fully saturated rings. The van der Waals surface area contributed by atoms with E-state index in [0.29, 0.717) is 13.1 Å². The quantitative estimate of drug-likeness (QED) is 0.149. The topological polar surface area (TPSA) is 97.4 Å². The van der Waals surface area contributed by atoms with Crippen LogP contribution in [0.2, 0.25) is 0 Å². The Labute approximate surface area is 316 Å². The van der Waals surface area contributed by atoms with Crippen molar-refractivity contribution in [1.82, 2.24) is 9.80 Å². The minimum atomic E-state index is 0.0975. The van der Waals surface area contributed by atoms with Gasteiger partial charge in [-0.1, -0.05) is 36.4 Å². The van der Waals surface area contributed by atoms with Crippen molar-refractivity contribution in [3.63, 3.8) is 0 Å². The number of nitrogens with zero attached hydrogens (tertiary/aromatic N) is 4. The standard InChI is InChI=1S/2C22H23N3O2/c26-22(25-14-12-24(13-15-25)20-5-2-1-3-6-20)18-8-10-19(11-9-18)23-17-21-7-4-16-27-21;26-22(25-13-11-24(12-14-25)21-4-2-1-3-5-21)19-6-8-20(9-7-19)23-16-18-10-15-27-17-18/h1-11,16,23H,12-15,17H2;1-10,15,17,23H,11-14,16H2. The van der Waals surface area contributed by atoms with E-state index in [4.69, 9.17) is 8.83 Å². The normalized spacial score (nSPS) is 14.2. The van der Waals surface area contributed by atoms with E-state index < -0.39 is 0 Å². The third-order valence-corrected chi connectivity index (χ3v) is 9.76. The summed E-state index contributed by atoms with van der Waals surface area (Å²) in [5.41, 5.74) is 6.95. The van der Waals surface area contributed by atoms with E-state index >= 15 is 0 Å². The molecule has 2 N–H and O–H groups in total. The van der Waals surface area contributed by atoms with Crippen LogP contribution in [0, 0.1) is 0 Å². The summed E-state index contributed by atoms with van der Waals surface area (Å²) < 4.78 is 10.4. The van der Waals surface area contributed by atoms with Crippen molar-refractivity contribution in [2.75, 3.05) is 72.8 Å². The average molecular weight is 723 g/mol. The molecule has 0 bridgehead atoms. The largest absolute Gasteiger partial charge is 0.472 e. The SMILES string of the molecule is O=C(c1ccc(NCc2ccco2)cc1)N1CCN(c2ccccc2)CC1.O=C(c1ccc(NCc2ccoc2)cc1)N1CCN(c2ccccc2)CC1. The highest BCUT2D eigenvalue weighted by atomic mass is 16.3. The number of nitrogens with one attached hydrogen (secondary N) is 2. The zero-order valence-corrected chi connectivity index (χ0v) is 30.3. The number of benzene rings is 4. The van der Waals surface area contributed by atoms with Crippen molar-refractivity contribution in [2.24, 2.45) is 0 Å². The van der Waals surface area contributed by atoms with Gasteiger partial charge in [-0.3, -0.25) is 9.59 Å². The molecule has 0 aliphatic carbocycles. The minimum Gasteiger partial charge on any atom is -0.472 e. The van der Waals surface area contributed by atoms with Gasteiger partial charge in [0.05, 0.1) is 25.3 Å². The minimum absolute atomic E-state index is 0.0975. The van der Waals surface area contributed by atoms with E-state index in [1.165, 1.54) is 11.4 Å². The van der Waals surface area contributed by atoms with Crippen LogP contribution >= 0.6 is 0 Å². The number of rotatable bonds is 10. The molecule has 8 rings (SSSR count). The Morgan fingerprint density at radius 3 is 1.41 bits per heavy atom. The number of furan rings is 2. The Kier molecular flexibility index (Phi) is 11.9. The van der Waals surface area contributed by atoms with E-state index in [-0.39, 0.29) is 11.8 Å². The first-order valence-electron chi connectivity index (χ1n) is 18.5. The lowest BCUT2D eigenvalue weighted by atomic mass is 10.1. The summed E-state index contributed by atoms with van der Waals surface area (Å²) in [4.78, 5) is 34.1. The summed E-state index contributed by atoms with van der Waals surface area (Å²) in [6.07, 6.45) is 5.05.